The van der Waals surface area contributed by atoms with Crippen LogP contribution in [-0.2, 0) is 14.8 Å². The standard InChI is InChI=1S/C14H17F2N3O4S/c1-2-12(20)19-11-6-4-10(5-7-11)13(21)17-8-3-9-18-24(22,23)14(15)16/h2,4-7,14,18H,1,3,8-9H2,(H,17,21)(H,19,20). The average molecular weight is 361 g/mol. The summed E-state index contributed by atoms with van der Waals surface area (Å²) in [6.45, 7) is 3.22. The molecule has 0 aliphatic carbocycles. The first-order valence-electron chi connectivity index (χ1n) is 6.84. The highest BCUT2D eigenvalue weighted by atomic mass is 32.2. The van der Waals surface area contributed by atoms with Crippen LogP contribution < -0.4 is 15.4 Å². The highest BCUT2D eigenvalue weighted by Crippen LogP contribution is 2.09. The van der Waals surface area contributed by atoms with Gasteiger partial charge in [0.15, 0.2) is 0 Å². The van der Waals surface area contributed by atoms with Crippen molar-refractivity contribution in [3.63, 3.8) is 0 Å². The van der Waals surface area contributed by atoms with Crippen molar-refractivity contribution in [2.75, 3.05) is 18.4 Å². The van der Waals surface area contributed by atoms with Gasteiger partial charge in [-0.15, -0.1) is 0 Å². The van der Waals surface area contributed by atoms with Crippen LogP contribution >= 0.6 is 0 Å². The molecule has 0 aliphatic heterocycles. The van der Waals surface area contributed by atoms with Gasteiger partial charge < -0.3 is 10.6 Å². The summed E-state index contributed by atoms with van der Waals surface area (Å²) in [5.74, 6) is -4.26. The summed E-state index contributed by atoms with van der Waals surface area (Å²) in [6.07, 6.45) is 1.27. The van der Waals surface area contributed by atoms with Gasteiger partial charge in [0.25, 0.3) is 15.9 Å². The zero-order valence-corrected chi connectivity index (χ0v) is 13.4. The third kappa shape index (κ3) is 6.42. The lowest BCUT2D eigenvalue weighted by atomic mass is 10.2. The molecule has 0 saturated carbocycles. The van der Waals surface area contributed by atoms with Crippen molar-refractivity contribution in [3.05, 3.63) is 42.5 Å². The summed E-state index contributed by atoms with van der Waals surface area (Å²) < 4.78 is 47.4. The quantitative estimate of drug-likeness (QED) is 0.452. The maximum Gasteiger partial charge on any atom is 0.350 e. The minimum absolute atomic E-state index is 0.111. The molecular formula is C14H17F2N3O4S. The van der Waals surface area contributed by atoms with Gasteiger partial charge in [-0.1, -0.05) is 6.58 Å². The van der Waals surface area contributed by atoms with E-state index in [-0.39, 0.29) is 25.4 Å². The van der Waals surface area contributed by atoms with Gasteiger partial charge in [-0.3, -0.25) is 9.59 Å². The zero-order chi connectivity index (χ0) is 18.2. The summed E-state index contributed by atoms with van der Waals surface area (Å²) in [4.78, 5) is 22.9. The molecule has 0 aromatic heterocycles. The van der Waals surface area contributed by atoms with Gasteiger partial charge in [-0.2, -0.15) is 8.78 Å². The van der Waals surface area contributed by atoms with E-state index in [9.17, 15) is 26.8 Å². The topological polar surface area (TPSA) is 104 Å². The van der Waals surface area contributed by atoms with Crippen LogP contribution in [0.2, 0.25) is 0 Å². The van der Waals surface area contributed by atoms with Crippen LogP contribution in [0.25, 0.3) is 0 Å². The van der Waals surface area contributed by atoms with E-state index < -0.39 is 21.7 Å². The fraction of sp³-hybridized carbons (Fsp3) is 0.286. The zero-order valence-electron chi connectivity index (χ0n) is 12.6. The summed E-state index contributed by atoms with van der Waals surface area (Å²) in [5, 5.41) is 5.05. The number of anilines is 1. The molecule has 0 atom stereocenters. The number of rotatable bonds is 9. The number of nitrogens with one attached hydrogen (secondary N) is 3. The number of amides is 2. The van der Waals surface area contributed by atoms with Crippen molar-refractivity contribution >= 4 is 27.5 Å². The first-order valence-corrected chi connectivity index (χ1v) is 8.39. The molecule has 0 heterocycles. The lowest BCUT2D eigenvalue weighted by Gasteiger charge is -2.08. The molecule has 0 bridgehead atoms. The molecule has 0 fully saturated rings. The van der Waals surface area contributed by atoms with E-state index in [1.165, 1.54) is 24.3 Å². The van der Waals surface area contributed by atoms with Gasteiger partial charge in [0.05, 0.1) is 0 Å². The normalized spacial score (nSPS) is 11.1. The van der Waals surface area contributed by atoms with Crippen LogP contribution in [0.15, 0.2) is 36.9 Å². The molecule has 24 heavy (non-hydrogen) atoms. The Kier molecular flexibility index (Phi) is 7.46. The van der Waals surface area contributed by atoms with E-state index in [0.29, 0.717) is 11.3 Å². The predicted molar refractivity (Wildman–Crippen MR) is 85.1 cm³/mol. The number of carbonyl (C=O) groups is 2. The molecule has 2 amide bonds. The molecule has 10 heteroatoms. The second-order valence-corrected chi connectivity index (χ2v) is 6.32. The number of benzene rings is 1. The van der Waals surface area contributed by atoms with Crippen molar-refractivity contribution in [3.8, 4) is 0 Å². The summed E-state index contributed by atoms with van der Waals surface area (Å²) >= 11 is 0. The Balaban J connectivity index is 2.38. The maximum absolute atomic E-state index is 12.1. The molecule has 1 rings (SSSR count). The molecular weight excluding hydrogens is 344 g/mol. The summed E-state index contributed by atoms with van der Waals surface area (Å²) in [7, 11) is -4.61. The van der Waals surface area contributed by atoms with Crippen LogP contribution in [0.1, 0.15) is 16.8 Å². The number of hydrogen-bond donors (Lipinski definition) is 3. The Morgan fingerprint density at radius 3 is 2.33 bits per heavy atom. The van der Waals surface area contributed by atoms with Gasteiger partial charge in [-0.05, 0) is 36.8 Å². The number of sulfonamides is 1. The van der Waals surface area contributed by atoms with Crippen LogP contribution in [-0.4, -0.2) is 39.1 Å². The van der Waals surface area contributed by atoms with Crippen LogP contribution in [0.3, 0.4) is 0 Å². The number of hydrogen-bond acceptors (Lipinski definition) is 4. The number of halogens is 2. The largest absolute Gasteiger partial charge is 0.352 e. The van der Waals surface area contributed by atoms with E-state index in [1.54, 1.807) is 4.72 Å². The van der Waals surface area contributed by atoms with E-state index in [1.807, 2.05) is 0 Å². The Morgan fingerprint density at radius 1 is 1.17 bits per heavy atom. The Morgan fingerprint density at radius 2 is 1.79 bits per heavy atom. The second-order valence-electron chi connectivity index (χ2n) is 4.58. The summed E-state index contributed by atoms with van der Waals surface area (Å²) in [5.41, 5.74) is 0.831. The van der Waals surface area contributed by atoms with Crippen LogP contribution in [0.4, 0.5) is 14.5 Å². The molecule has 132 valence electrons. The molecule has 0 saturated heterocycles. The molecule has 7 nitrogen and oxygen atoms in total. The Hall–Kier alpha value is -2.33. The van der Waals surface area contributed by atoms with Gasteiger partial charge in [0, 0.05) is 24.3 Å². The Bertz CT molecular complexity index is 690. The minimum atomic E-state index is -4.61. The highest BCUT2D eigenvalue weighted by molar-refractivity contribution is 7.89. The van der Waals surface area contributed by atoms with Crippen molar-refractivity contribution in [2.24, 2.45) is 0 Å². The lowest BCUT2D eigenvalue weighted by Crippen LogP contribution is -2.32. The second kappa shape index (κ2) is 9.08. The predicted octanol–water partition coefficient (Wildman–Crippen LogP) is 1.07. The fourth-order valence-electron chi connectivity index (χ4n) is 1.57. The third-order valence-corrected chi connectivity index (χ3v) is 3.85. The molecule has 1 aromatic rings. The first-order chi connectivity index (χ1) is 11.3. The van der Waals surface area contributed by atoms with Crippen molar-refractivity contribution in [2.45, 2.75) is 12.2 Å². The van der Waals surface area contributed by atoms with E-state index in [2.05, 4.69) is 17.2 Å². The van der Waals surface area contributed by atoms with Crippen LogP contribution in [0, 0.1) is 0 Å². The Labute approximate surface area is 138 Å². The third-order valence-electron chi connectivity index (χ3n) is 2.78. The molecule has 0 spiro atoms. The lowest BCUT2D eigenvalue weighted by molar-refractivity contribution is -0.111. The summed E-state index contributed by atoms with van der Waals surface area (Å²) in [6, 6.07) is 6.06. The van der Waals surface area contributed by atoms with E-state index in [4.69, 9.17) is 0 Å². The fourth-order valence-corrected chi connectivity index (χ4v) is 2.12. The molecule has 0 aliphatic rings. The van der Waals surface area contributed by atoms with E-state index in [0.717, 1.165) is 6.08 Å². The minimum Gasteiger partial charge on any atom is -0.352 e. The average Bonchev–Trinajstić information content (AvgIpc) is 2.54. The van der Waals surface area contributed by atoms with Gasteiger partial charge in [0.2, 0.25) is 5.91 Å². The molecule has 0 unspecified atom stereocenters. The molecule has 3 N–H and O–H groups in total. The highest BCUT2D eigenvalue weighted by Gasteiger charge is 2.22. The molecule has 1 aromatic carbocycles. The monoisotopic (exact) mass is 361 g/mol. The molecule has 0 radical (unpaired) electrons. The maximum atomic E-state index is 12.1. The van der Waals surface area contributed by atoms with Gasteiger partial charge >= 0.3 is 5.76 Å². The van der Waals surface area contributed by atoms with Crippen molar-refractivity contribution in [1.29, 1.82) is 0 Å². The van der Waals surface area contributed by atoms with Crippen molar-refractivity contribution in [1.82, 2.24) is 10.0 Å². The van der Waals surface area contributed by atoms with Crippen LogP contribution in [0.5, 0.6) is 0 Å². The van der Waals surface area contributed by atoms with Gasteiger partial charge in [-0.25, -0.2) is 13.1 Å². The van der Waals surface area contributed by atoms with E-state index >= 15 is 0 Å². The number of carbonyl (C=O) groups excluding carboxylic acids is 2. The first kappa shape index (κ1) is 19.7. The number of alkyl halides is 2. The SMILES string of the molecule is C=CC(=O)Nc1ccc(C(=O)NCCCNS(=O)(=O)C(F)F)cc1. The van der Waals surface area contributed by atoms with Gasteiger partial charge in [0.1, 0.15) is 0 Å². The van der Waals surface area contributed by atoms with Crippen molar-refractivity contribution < 1.29 is 26.8 Å². The smallest absolute Gasteiger partial charge is 0.350 e.